The lowest BCUT2D eigenvalue weighted by Crippen LogP contribution is -2.10. The molecule has 0 radical (unpaired) electrons. The highest BCUT2D eigenvalue weighted by molar-refractivity contribution is 5.94. The Labute approximate surface area is 325 Å². The quantitative estimate of drug-likeness (QED) is 0.0326. The monoisotopic (exact) mass is 764 g/mol. The Balaban J connectivity index is 1.17. The second-order valence-corrected chi connectivity index (χ2v) is 12.5. The van der Waals surface area contributed by atoms with Gasteiger partial charge in [-0.3, -0.25) is 9.59 Å². The number of esters is 6. The van der Waals surface area contributed by atoms with Crippen molar-refractivity contribution in [3.63, 3.8) is 0 Å². The summed E-state index contributed by atoms with van der Waals surface area (Å²) in [4.78, 5) is 72.1. The highest BCUT2D eigenvalue weighted by Gasteiger charge is 2.14. The van der Waals surface area contributed by atoms with Crippen LogP contribution in [0.5, 0.6) is 23.0 Å². The van der Waals surface area contributed by atoms with Crippen molar-refractivity contribution in [1.82, 2.24) is 0 Å². The van der Waals surface area contributed by atoms with E-state index in [0.717, 1.165) is 48.6 Å². The van der Waals surface area contributed by atoms with E-state index in [9.17, 15) is 28.8 Å². The summed E-state index contributed by atoms with van der Waals surface area (Å²) in [5.74, 6) is -1.61. The molecule has 0 amide bonds. The summed E-state index contributed by atoms with van der Waals surface area (Å²) in [5, 5.41) is 1.49. The third-order valence-electron chi connectivity index (χ3n) is 8.22. The maximum Gasteiger partial charge on any atom is 0.343 e. The normalized spacial score (nSPS) is 10.5. The van der Waals surface area contributed by atoms with E-state index >= 15 is 0 Å². The maximum absolute atomic E-state index is 12.8. The van der Waals surface area contributed by atoms with Gasteiger partial charge >= 0.3 is 35.8 Å². The molecule has 0 aromatic heterocycles. The second-order valence-electron chi connectivity index (χ2n) is 12.5. The van der Waals surface area contributed by atoms with Gasteiger partial charge in [-0.25, -0.2) is 19.2 Å². The Kier molecular flexibility index (Phi) is 17.0. The molecule has 4 rings (SSSR count). The number of hydrogen-bond acceptors (Lipinski definition) is 12. The molecule has 12 nitrogen and oxygen atoms in total. The molecule has 4 aromatic carbocycles. The Morgan fingerprint density at radius 1 is 0.429 bits per heavy atom. The van der Waals surface area contributed by atoms with Crippen LogP contribution in [0.2, 0.25) is 0 Å². The van der Waals surface area contributed by atoms with E-state index in [1.54, 1.807) is 36.4 Å². The molecule has 0 aliphatic rings. The van der Waals surface area contributed by atoms with Crippen LogP contribution in [-0.2, 0) is 28.7 Å². The summed E-state index contributed by atoms with van der Waals surface area (Å²) in [5.41, 5.74) is 0.536. The van der Waals surface area contributed by atoms with Gasteiger partial charge in [-0.2, -0.15) is 0 Å². The van der Waals surface area contributed by atoms with Crippen LogP contribution in [0.1, 0.15) is 84.9 Å². The highest BCUT2D eigenvalue weighted by Crippen LogP contribution is 2.27. The van der Waals surface area contributed by atoms with Gasteiger partial charge in [0.05, 0.1) is 24.3 Å². The minimum absolute atomic E-state index is 0.236. The zero-order valence-corrected chi connectivity index (χ0v) is 31.0. The van der Waals surface area contributed by atoms with Gasteiger partial charge in [0, 0.05) is 25.0 Å². The lowest BCUT2D eigenvalue weighted by Gasteiger charge is -2.09. The lowest BCUT2D eigenvalue weighted by molar-refractivity contribution is -0.138. The molecule has 0 N–H and O–H groups in total. The molecule has 0 atom stereocenters. The number of unbranched alkanes of at least 4 members (excludes halogenated alkanes) is 6. The summed E-state index contributed by atoms with van der Waals surface area (Å²) in [6.07, 6.45) is 8.59. The SMILES string of the molecule is C=CC(=O)OCCCCCCC(=O)Oc1ccc(C(=O)Oc2ccc3cc(OC(=O)c4ccc(OC(=O)CCCCCCOC(=O)C=C)cc4)ccc3c2)cc1. The van der Waals surface area contributed by atoms with Crippen LogP contribution in [0.25, 0.3) is 10.8 Å². The number of ether oxygens (including phenoxy) is 6. The van der Waals surface area contributed by atoms with Crippen molar-refractivity contribution in [2.24, 2.45) is 0 Å². The van der Waals surface area contributed by atoms with Crippen LogP contribution < -0.4 is 18.9 Å². The van der Waals surface area contributed by atoms with Gasteiger partial charge in [0.1, 0.15) is 23.0 Å². The van der Waals surface area contributed by atoms with Gasteiger partial charge in [-0.15, -0.1) is 0 Å². The molecule has 0 aliphatic carbocycles. The Hall–Kier alpha value is -6.56. The molecule has 0 fully saturated rings. The number of rotatable bonds is 22. The summed E-state index contributed by atoms with van der Waals surface area (Å²) >= 11 is 0. The van der Waals surface area contributed by atoms with Crippen molar-refractivity contribution < 1.29 is 57.2 Å². The molecule has 0 bridgehead atoms. The van der Waals surface area contributed by atoms with Crippen LogP contribution in [0.15, 0.2) is 110 Å². The fourth-order valence-electron chi connectivity index (χ4n) is 5.26. The summed E-state index contributed by atoms with van der Waals surface area (Å²) in [7, 11) is 0. The summed E-state index contributed by atoms with van der Waals surface area (Å²) in [6, 6.07) is 22.2. The Morgan fingerprint density at radius 2 is 0.786 bits per heavy atom. The van der Waals surface area contributed by atoms with Crippen LogP contribution in [-0.4, -0.2) is 49.0 Å². The molecule has 0 aliphatic heterocycles. The number of carbonyl (C=O) groups is 6. The number of carbonyl (C=O) groups excluding carboxylic acids is 6. The van der Waals surface area contributed by atoms with E-state index in [0.29, 0.717) is 61.9 Å². The predicted molar refractivity (Wildman–Crippen MR) is 207 cm³/mol. The third-order valence-corrected chi connectivity index (χ3v) is 8.22. The topological polar surface area (TPSA) is 158 Å². The second kappa shape index (κ2) is 22.6. The molecular formula is C44H44O12. The fraction of sp³-hybridized carbons (Fsp3) is 0.273. The van der Waals surface area contributed by atoms with Gasteiger partial charge in [-0.05, 0) is 109 Å². The first kappa shape index (κ1) is 42.2. The van der Waals surface area contributed by atoms with Crippen LogP contribution in [0, 0.1) is 0 Å². The van der Waals surface area contributed by atoms with Crippen LogP contribution >= 0.6 is 0 Å². The standard InChI is InChI=1S/C44H44O12/c1-3-39(45)51-27-11-7-5-9-13-41(47)53-35-21-15-31(16-22-35)43(49)55-37-25-19-34-30-38(26-20-33(34)29-37)56-44(50)32-17-23-36(24-18-32)54-42(48)14-10-6-8-12-28-52-40(46)4-2/h3-4,15-26,29-30H,1-2,5-14,27-28H2. The molecule has 0 heterocycles. The third kappa shape index (κ3) is 14.7. The minimum Gasteiger partial charge on any atom is -0.463 e. The van der Waals surface area contributed by atoms with Gasteiger partial charge in [0.15, 0.2) is 0 Å². The van der Waals surface area contributed by atoms with Crippen molar-refractivity contribution in [3.8, 4) is 23.0 Å². The highest BCUT2D eigenvalue weighted by atomic mass is 16.6. The molecule has 0 saturated carbocycles. The molecule has 292 valence electrons. The predicted octanol–water partition coefficient (Wildman–Crippen LogP) is 8.45. The summed E-state index contributed by atoms with van der Waals surface area (Å²) in [6.45, 7) is 7.32. The van der Waals surface area contributed by atoms with Gasteiger partial charge in [0.25, 0.3) is 0 Å². The van der Waals surface area contributed by atoms with E-state index in [4.69, 9.17) is 28.4 Å². The summed E-state index contributed by atoms with van der Waals surface area (Å²) < 4.78 is 31.7. The van der Waals surface area contributed by atoms with E-state index in [-0.39, 0.29) is 35.9 Å². The van der Waals surface area contributed by atoms with Gasteiger partial charge in [-0.1, -0.05) is 51.0 Å². The smallest absolute Gasteiger partial charge is 0.343 e. The zero-order chi connectivity index (χ0) is 40.1. The van der Waals surface area contributed by atoms with Crippen molar-refractivity contribution in [1.29, 1.82) is 0 Å². The largest absolute Gasteiger partial charge is 0.463 e. The van der Waals surface area contributed by atoms with E-state index in [1.807, 2.05) is 0 Å². The average Bonchev–Trinajstić information content (AvgIpc) is 3.20. The average molecular weight is 765 g/mol. The van der Waals surface area contributed by atoms with Gasteiger partial charge < -0.3 is 28.4 Å². The molecule has 12 heteroatoms. The van der Waals surface area contributed by atoms with Crippen LogP contribution in [0.4, 0.5) is 0 Å². The fourth-order valence-corrected chi connectivity index (χ4v) is 5.26. The van der Waals surface area contributed by atoms with Crippen molar-refractivity contribution in [2.45, 2.75) is 64.2 Å². The first-order valence-corrected chi connectivity index (χ1v) is 18.3. The molecule has 0 unspecified atom stereocenters. The number of fused-ring (bicyclic) bond motifs is 1. The molecule has 56 heavy (non-hydrogen) atoms. The van der Waals surface area contributed by atoms with Crippen molar-refractivity contribution in [3.05, 3.63) is 121 Å². The zero-order valence-electron chi connectivity index (χ0n) is 31.0. The van der Waals surface area contributed by atoms with Crippen LogP contribution in [0.3, 0.4) is 0 Å². The molecule has 0 saturated heterocycles. The Morgan fingerprint density at radius 3 is 1.16 bits per heavy atom. The van der Waals surface area contributed by atoms with E-state index in [1.165, 1.54) is 48.5 Å². The molecule has 4 aromatic rings. The minimum atomic E-state index is -0.593. The lowest BCUT2D eigenvalue weighted by atomic mass is 10.1. The van der Waals surface area contributed by atoms with Crippen molar-refractivity contribution >= 4 is 46.6 Å². The first-order valence-electron chi connectivity index (χ1n) is 18.3. The van der Waals surface area contributed by atoms with E-state index < -0.39 is 23.9 Å². The number of benzene rings is 4. The van der Waals surface area contributed by atoms with E-state index in [2.05, 4.69) is 13.2 Å². The van der Waals surface area contributed by atoms with Gasteiger partial charge in [0.2, 0.25) is 0 Å². The first-order chi connectivity index (χ1) is 27.1. The molecular weight excluding hydrogens is 720 g/mol. The Bertz CT molecular complexity index is 1850. The number of hydrogen-bond donors (Lipinski definition) is 0. The maximum atomic E-state index is 12.8. The van der Waals surface area contributed by atoms with Crippen molar-refractivity contribution in [2.75, 3.05) is 13.2 Å². The molecule has 0 spiro atoms.